The molecule has 1 aromatic carbocycles. The van der Waals surface area contributed by atoms with E-state index in [0.29, 0.717) is 18.4 Å². The first-order chi connectivity index (χ1) is 8.97. The first kappa shape index (κ1) is 13.4. The Bertz CT molecular complexity index is 601. The van der Waals surface area contributed by atoms with Crippen LogP contribution in [0, 0.1) is 12.8 Å². The van der Waals surface area contributed by atoms with E-state index in [4.69, 9.17) is 5.73 Å². The molecule has 0 atom stereocenters. The van der Waals surface area contributed by atoms with Gasteiger partial charge in [-0.15, -0.1) is 0 Å². The van der Waals surface area contributed by atoms with E-state index in [1.165, 1.54) is 0 Å². The number of aryl methyl sites for hydroxylation is 1. The molecule has 5 nitrogen and oxygen atoms in total. The van der Waals surface area contributed by atoms with E-state index in [9.17, 15) is 4.79 Å². The van der Waals surface area contributed by atoms with Crippen molar-refractivity contribution in [1.29, 1.82) is 0 Å². The number of nitrogens with two attached hydrogens (primary N) is 1. The number of hydrogen-bond acceptors (Lipinski definition) is 3. The number of amides is 1. The van der Waals surface area contributed by atoms with Gasteiger partial charge in [0.1, 0.15) is 6.54 Å². The summed E-state index contributed by atoms with van der Waals surface area (Å²) in [4.78, 5) is 16.1. The molecular formula is C14H20N4O. The number of nitrogens with zero attached hydrogens (tertiary/aromatic N) is 2. The van der Waals surface area contributed by atoms with Gasteiger partial charge in [0.2, 0.25) is 11.9 Å². The van der Waals surface area contributed by atoms with Crippen LogP contribution in [0.3, 0.4) is 0 Å². The topological polar surface area (TPSA) is 72.9 Å². The maximum Gasteiger partial charge on any atom is 0.240 e. The molecule has 0 saturated carbocycles. The van der Waals surface area contributed by atoms with Crippen molar-refractivity contribution in [1.82, 2.24) is 14.9 Å². The maximum absolute atomic E-state index is 11.9. The number of nitrogens with one attached hydrogen (secondary N) is 1. The quantitative estimate of drug-likeness (QED) is 0.878. The molecule has 0 radical (unpaired) electrons. The Balaban J connectivity index is 2.22. The van der Waals surface area contributed by atoms with Crippen molar-refractivity contribution in [3.63, 3.8) is 0 Å². The number of aromatic nitrogens is 2. The number of carbonyl (C=O) groups excluding carboxylic acids is 1. The summed E-state index contributed by atoms with van der Waals surface area (Å²) in [7, 11) is 0. The summed E-state index contributed by atoms with van der Waals surface area (Å²) in [5.41, 5.74) is 8.72. The first-order valence-corrected chi connectivity index (χ1v) is 6.46. The van der Waals surface area contributed by atoms with Crippen LogP contribution in [0.5, 0.6) is 0 Å². The number of rotatable bonds is 4. The smallest absolute Gasteiger partial charge is 0.240 e. The molecule has 0 unspecified atom stereocenters. The molecule has 0 spiro atoms. The van der Waals surface area contributed by atoms with Gasteiger partial charge in [-0.3, -0.25) is 4.79 Å². The van der Waals surface area contributed by atoms with E-state index in [-0.39, 0.29) is 12.5 Å². The molecule has 0 aliphatic heterocycles. The van der Waals surface area contributed by atoms with Crippen LogP contribution in [0.15, 0.2) is 18.2 Å². The van der Waals surface area contributed by atoms with E-state index in [0.717, 1.165) is 16.6 Å². The van der Waals surface area contributed by atoms with Gasteiger partial charge in [-0.1, -0.05) is 19.9 Å². The molecule has 0 fully saturated rings. The predicted octanol–water partition coefficient (Wildman–Crippen LogP) is 1.70. The number of carbonyl (C=O) groups is 1. The second-order valence-corrected chi connectivity index (χ2v) is 5.25. The Hall–Kier alpha value is -2.04. The predicted molar refractivity (Wildman–Crippen MR) is 76.7 cm³/mol. The first-order valence-electron chi connectivity index (χ1n) is 6.46. The van der Waals surface area contributed by atoms with Crippen LogP contribution in [-0.2, 0) is 11.3 Å². The molecule has 0 saturated heterocycles. The van der Waals surface area contributed by atoms with Crippen molar-refractivity contribution in [3.8, 4) is 0 Å². The van der Waals surface area contributed by atoms with E-state index in [1.807, 2.05) is 25.1 Å². The molecule has 0 aliphatic carbocycles. The van der Waals surface area contributed by atoms with E-state index in [2.05, 4.69) is 24.1 Å². The zero-order valence-electron chi connectivity index (χ0n) is 11.6. The number of nitrogen functional groups attached to an aromatic ring is 1. The molecule has 1 amide bonds. The normalized spacial score (nSPS) is 11.2. The molecular weight excluding hydrogens is 240 g/mol. The monoisotopic (exact) mass is 260 g/mol. The second kappa shape index (κ2) is 5.30. The molecule has 19 heavy (non-hydrogen) atoms. The van der Waals surface area contributed by atoms with Gasteiger partial charge in [0, 0.05) is 6.54 Å². The SMILES string of the molecule is Cc1ccc2nc(N)n(CC(=O)NCC(C)C)c2c1. The van der Waals surface area contributed by atoms with Crippen molar-refractivity contribution in [3.05, 3.63) is 23.8 Å². The van der Waals surface area contributed by atoms with Gasteiger partial charge in [0.15, 0.2) is 0 Å². The fraction of sp³-hybridized carbons (Fsp3) is 0.429. The fourth-order valence-corrected chi connectivity index (χ4v) is 1.94. The van der Waals surface area contributed by atoms with Gasteiger partial charge in [0.25, 0.3) is 0 Å². The highest BCUT2D eigenvalue weighted by Gasteiger charge is 2.11. The summed E-state index contributed by atoms with van der Waals surface area (Å²) in [6, 6.07) is 5.90. The Morgan fingerprint density at radius 2 is 2.21 bits per heavy atom. The van der Waals surface area contributed by atoms with Gasteiger partial charge >= 0.3 is 0 Å². The number of anilines is 1. The average molecular weight is 260 g/mol. The lowest BCUT2D eigenvalue weighted by Crippen LogP contribution is -2.30. The second-order valence-electron chi connectivity index (χ2n) is 5.25. The zero-order chi connectivity index (χ0) is 14.0. The summed E-state index contributed by atoms with van der Waals surface area (Å²) in [5.74, 6) is 0.768. The minimum atomic E-state index is -0.0405. The minimum absolute atomic E-state index is 0.0405. The van der Waals surface area contributed by atoms with Crippen molar-refractivity contribution in [2.45, 2.75) is 27.3 Å². The summed E-state index contributed by atoms with van der Waals surface area (Å²) in [6.45, 7) is 7.00. The van der Waals surface area contributed by atoms with Crippen LogP contribution in [0.2, 0.25) is 0 Å². The minimum Gasteiger partial charge on any atom is -0.369 e. The lowest BCUT2D eigenvalue weighted by Gasteiger charge is -2.09. The highest BCUT2D eigenvalue weighted by molar-refractivity contribution is 5.83. The van der Waals surface area contributed by atoms with Gasteiger partial charge < -0.3 is 15.6 Å². The summed E-state index contributed by atoms with van der Waals surface area (Å²) < 4.78 is 1.75. The van der Waals surface area contributed by atoms with E-state index < -0.39 is 0 Å². The molecule has 5 heteroatoms. The van der Waals surface area contributed by atoms with E-state index in [1.54, 1.807) is 4.57 Å². The highest BCUT2D eigenvalue weighted by atomic mass is 16.1. The molecule has 1 heterocycles. The third-order valence-corrected chi connectivity index (χ3v) is 2.94. The van der Waals surface area contributed by atoms with Gasteiger partial charge in [-0.05, 0) is 30.5 Å². The molecule has 2 aromatic rings. The number of hydrogen-bond donors (Lipinski definition) is 2. The van der Waals surface area contributed by atoms with Crippen LogP contribution in [-0.4, -0.2) is 22.0 Å². The Morgan fingerprint density at radius 3 is 2.89 bits per heavy atom. The molecule has 1 aromatic heterocycles. The van der Waals surface area contributed by atoms with Crippen LogP contribution >= 0.6 is 0 Å². The van der Waals surface area contributed by atoms with Crippen molar-refractivity contribution >= 4 is 22.9 Å². The summed E-state index contributed by atoms with van der Waals surface area (Å²) in [5, 5.41) is 2.88. The van der Waals surface area contributed by atoms with Crippen molar-refractivity contribution in [2.24, 2.45) is 5.92 Å². The Kier molecular flexibility index (Phi) is 3.74. The Labute approximate surface area is 112 Å². The lowest BCUT2D eigenvalue weighted by atomic mass is 10.2. The molecule has 102 valence electrons. The maximum atomic E-state index is 11.9. The largest absolute Gasteiger partial charge is 0.369 e. The van der Waals surface area contributed by atoms with Crippen molar-refractivity contribution in [2.75, 3.05) is 12.3 Å². The fourth-order valence-electron chi connectivity index (χ4n) is 1.94. The van der Waals surface area contributed by atoms with Crippen LogP contribution in [0.1, 0.15) is 19.4 Å². The van der Waals surface area contributed by atoms with E-state index >= 15 is 0 Å². The van der Waals surface area contributed by atoms with Crippen molar-refractivity contribution < 1.29 is 4.79 Å². The van der Waals surface area contributed by atoms with Gasteiger partial charge in [-0.2, -0.15) is 0 Å². The number of benzene rings is 1. The summed E-state index contributed by atoms with van der Waals surface area (Å²) >= 11 is 0. The third kappa shape index (κ3) is 3.05. The third-order valence-electron chi connectivity index (χ3n) is 2.94. The van der Waals surface area contributed by atoms with Gasteiger partial charge in [0.05, 0.1) is 11.0 Å². The number of fused-ring (bicyclic) bond motifs is 1. The van der Waals surface area contributed by atoms with Crippen LogP contribution < -0.4 is 11.1 Å². The van der Waals surface area contributed by atoms with Gasteiger partial charge in [-0.25, -0.2) is 4.98 Å². The standard InChI is InChI=1S/C14H20N4O/c1-9(2)7-16-13(19)8-18-12-6-10(3)4-5-11(12)17-14(18)15/h4-6,9H,7-8H2,1-3H3,(H2,15,17)(H,16,19). The van der Waals surface area contributed by atoms with Crippen LogP contribution in [0.4, 0.5) is 5.95 Å². The lowest BCUT2D eigenvalue weighted by molar-refractivity contribution is -0.121. The molecule has 3 N–H and O–H groups in total. The molecule has 2 rings (SSSR count). The molecule has 0 bridgehead atoms. The highest BCUT2D eigenvalue weighted by Crippen LogP contribution is 2.18. The van der Waals surface area contributed by atoms with Crippen LogP contribution in [0.25, 0.3) is 11.0 Å². The molecule has 0 aliphatic rings. The summed E-state index contributed by atoms with van der Waals surface area (Å²) in [6.07, 6.45) is 0. The zero-order valence-corrected chi connectivity index (χ0v) is 11.6. The number of imidazole rings is 1. The average Bonchev–Trinajstić information content (AvgIpc) is 2.63. The Morgan fingerprint density at radius 1 is 1.47 bits per heavy atom.